The summed E-state index contributed by atoms with van der Waals surface area (Å²) < 4.78 is 6.02. The van der Waals surface area contributed by atoms with Crippen molar-refractivity contribution in [2.75, 3.05) is 6.61 Å². The maximum Gasteiger partial charge on any atom is 0.318 e. The van der Waals surface area contributed by atoms with E-state index in [1.807, 2.05) is 67.6 Å². The minimum atomic E-state index is -0.386. The third kappa shape index (κ3) is 4.84. The van der Waals surface area contributed by atoms with E-state index in [9.17, 15) is 4.79 Å². The summed E-state index contributed by atoms with van der Waals surface area (Å²) in [6.07, 6.45) is 2.14. The number of benzene rings is 3. The van der Waals surface area contributed by atoms with Crippen LogP contribution in [0.15, 0.2) is 71.7 Å². The molecule has 6 heteroatoms. The molecule has 2 atom stereocenters. The molecule has 1 aliphatic heterocycles. The molecule has 0 N–H and O–H groups in total. The fourth-order valence-corrected chi connectivity index (χ4v) is 4.45. The van der Waals surface area contributed by atoms with Gasteiger partial charge in [-0.1, -0.05) is 74.3 Å². The quantitative estimate of drug-likeness (QED) is 0.361. The van der Waals surface area contributed by atoms with Crippen molar-refractivity contribution in [3.63, 3.8) is 0 Å². The molecule has 1 amide bonds. The van der Waals surface area contributed by atoms with Crippen LogP contribution in [0.5, 0.6) is 5.75 Å². The van der Waals surface area contributed by atoms with Crippen LogP contribution in [0.4, 0.5) is 0 Å². The highest BCUT2D eigenvalue weighted by Gasteiger charge is 2.40. The van der Waals surface area contributed by atoms with Gasteiger partial charge in [0.1, 0.15) is 17.6 Å². The lowest BCUT2D eigenvalue weighted by Gasteiger charge is -2.26. The van der Waals surface area contributed by atoms with Crippen LogP contribution in [0.3, 0.4) is 0 Å². The van der Waals surface area contributed by atoms with Gasteiger partial charge in [0, 0.05) is 10.0 Å². The van der Waals surface area contributed by atoms with E-state index >= 15 is 0 Å². The van der Waals surface area contributed by atoms with Gasteiger partial charge in [0.05, 0.1) is 18.2 Å². The molecule has 0 aliphatic carbocycles. The van der Waals surface area contributed by atoms with Crippen LogP contribution < -0.4 is 4.74 Å². The van der Waals surface area contributed by atoms with Crippen molar-refractivity contribution in [2.24, 2.45) is 4.99 Å². The Morgan fingerprint density at radius 2 is 1.53 bits per heavy atom. The lowest BCUT2D eigenvalue weighted by Crippen LogP contribution is -2.31. The second-order valence-electron chi connectivity index (χ2n) is 9.30. The van der Waals surface area contributed by atoms with E-state index in [0.29, 0.717) is 28.2 Å². The van der Waals surface area contributed by atoms with Gasteiger partial charge in [-0.05, 0) is 65.4 Å². The number of halogens is 2. The number of aliphatic imine (C=N–C) groups is 1. The van der Waals surface area contributed by atoms with Crippen LogP contribution in [0.25, 0.3) is 0 Å². The number of nitrogens with zero attached hydrogens (tertiary/aromatic N) is 2. The van der Waals surface area contributed by atoms with Crippen molar-refractivity contribution in [3.8, 4) is 5.75 Å². The molecule has 4 nitrogen and oxygen atoms in total. The first-order valence-electron chi connectivity index (χ1n) is 11.3. The molecular formula is C28H27Cl2N2O2. The van der Waals surface area contributed by atoms with E-state index in [1.165, 1.54) is 0 Å². The predicted octanol–water partition coefficient (Wildman–Crippen LogP) is 7.30. The SMILES string of the molecule is CCOc1cc(C(C)(C)C)ccc1C1=N[C@@H](c2ccc(Cl)cc2)[C@@H](c2ccc(Cl)cc2)N1[C]=O. The van der Waals surface area contributed by atoms with Crippen molar-refractivity contribution < 1.29 is 9.53 Å². The van der Waals surface area contributed by atoms with Crippen molar-refractivity contribution in [1.82, 2.24) is 4.90 Å². The zero-order chi connectivity index (χ0) is 24.5. The summed E-state index contributed by atoms with van der Waals surface area (Å²) in [5.41, 5.74) is 3.72. The molecule has 1 heterocycles. The Labute approximate surface area is 211 Å². The Morgan fingerprint density at radius 1 is 0.941 bits per heavy atom. The van der Waals surface area contributed by atoms with Crippen LogP contribution in [-0.4, -0.2) is 23.8 Å². The molecule has 0 bridgehead atoms. The summed E-state index contributed by atoms with van der Waals surface area (Å²) in [5, 5.41) is 1.27. The molecule has 0 fully saturated rings. The first-order chi connectivity index (χ1) is 16.2. The van der Waals surface area contributed by atoms with E-state index < -0.39 is 0 Å². The Kier molecular flexibility index (Phi) is 7.01. The molecule has 175 valence electrons. The van der Waals surface area contributed by atoms with Gasteiger partial charge in [-0.25, -0.2) is 0 Å². The normalized spacial score (nSPS) is 18.1. The van der Waals surface area contributed by atoms with Crippen molar-refractivity contribution >= 4 is 35.4 Å². The van der Waals surface area contributed by atoms with E-state index in [1.54, 1.807) is 4.90 Å². The second kappa shape index (κ2) is 9.81. The minimum Gasteiger partial charge on any atom is -0.493 e. The Bertz CT molecular complexity index is 1200. The predicted molar refractivity (Wildman–Crippen MR) is 139 cm³/mol. The van der Waals surface area contributed by atoms with Gasteiger partial charge < -0.3 is 4.74 Å². The molecule has 0 spiro atoms. The maximum absolute atomic E-state index is 12.4. The van der Waals surface area contributed by atoms with Gasteiger partial charge in [-0.2, -0.15) is 0 Å². The fourth-order valence-electron chi connectivity index (χ4n) is 4.19. The van der Waals surface area contributed by atoms with Gasteiger partial charge in [-0.3, -0.25) is 14.7 Å². The minimum absolute atomic E-state index is 0.0456. The third-order valence-corrected chi connectivity index (χ3v) is 6.48. The molecule has 0 unspecified atom stereocenters. The molecule has 3 aromatic rings. The van der Waals surface area contributed by atoms with Gasteiger partial charge in [-0.15, -0.1) is 0 Å². The fraction of sp³-hybridized carbons (Fsp3) is 0.286. The first-order valence-corrected chi connectivity index (χ1v) is 12.0. The van der Waals surface area contributed by atoms with E-state index in [4.69, 9.17) is 32.9 Å². The molecule has 4 rings (SSSR count). The largest absolute Gasteiger partial charge is 0.493 e. The molecular weight excluding hydrogens is 467 g/mol. The maximum atomic E-state index is 12.4. The molecule has 1 radical (unpaired) electrons. The summed E-state index contributed by atoms with van der Waals surface area (Å²) in [5.74, 6) is 1.22. The molecule has 0 saturated heterocycles. The topological polar surface area (TPSA) is 41.9 Å². The van der Waals surface area contributed by atoms with Crippen molar-refractivity contribution in [2.45, 2.75) is 45.2 Å². The van der Waals surface area contributed by atoms with Gasteiger partial charge in [0.2, 0.25) is 0 Å². The van der Waals surface area contributed by atoms with Crippen LogP contribution in [-0.2, 0) is 10.2 Å². The highest BCUT2D eigenvalue weighted by atomic mass is 35.5. The monoisotopic (exact) mass is 493 g/mol. The zero-order valence-electron chi connectivity index (χ0n) is 19.7. The second-order valence-corrected chi connectivity index (χ2v) is 10.2. The lowest BCUT2D eigenvalue weighted by molar-refractivity contribution is 0.337. The number of rotatable bonds is 6. The van der Waals surface area contributed by atoms with Crippen molar-refractivity contribution in [1.29, 1.82) is 0 Å². The Balaban J connectivity index is 1.88. The number of hydrogen-bond acceptors (Lipinski definition) is 3. The van der Waals surface area contributed by atoms with E-state index in [0.717, 1.165) is 22.3 Å². The standard InChI is InChI=1S/C28H27Cl2N2O2/c1-5-34-24-16-20(28(2,3)4)10-15-23(24)27-31-25(18-6-11-21(29)12-7-18)26(32(27)17-33)19-8-13-22(30)14-9-19/h6-16,25-26H,5H2,1-4H3/t25-,26+/m0/s1. The smallest absolute Gasteiger partial charge is 0.318 e. The van der Waals surface area contributed by atoms with Gasteiger partial charge in [0.25, 0.3) is 0 Å². The Morgan fingerprint density at radius 3 is 2.06 bits per heavy atom. The molecule has 34 heavy (non-hydrogen) atoms. The van der Waals surface area contributed by atoms with Crippen LogP contribution >= 0.6 is 23.2 Å². The highest BCUT2D eigenvalue weighted by Crippen LogP contribution is 2.44. The summed E-state index contributed by atoms with van der Waals surface area (Å²) in [6, 6.07) is 20.4. The molecule has 3 aromatic carbocycles. The van der Waals surface area contributed by atoms with Crippen molar-refractivity contribution in [3.05, 3.63) is 99.0 Å². The molecule has 1 aliphatic rings. The van der Waals surface area contributed by atoms with E-state index in [-0.39, 0.29) is 17.5 Å². The van der Waals surface area contributed by atoms with Crippen LogP contribution in [0, 0.1) is 0 Å². The summed E-state index contributed by atoms with van der Waals surface area (Å²) >= 11 is 12.3. The summed E-state index contributed by atoms with van der Waals surface area (Å²) in [6.45, 7) is 8.91. The number of amides is 1. The third-order valence-electron chi connectivity index (χ3n) is 5.98. The average molecular weight is 494 g/mol. The molecule has 0 saturated carbocycles. The number of carbonyl (C=O) groups excluding carboxylic acids is 1. The lowest BCUT2D eigenvalue weighted by atomic mass is 9.86. The highest BCUT2D eigenvalue weighted by molar-refractivity contribution is 6.30. The van der Waals surface area contributed by atoms with E-state index in [2.05, 4.69) is 33.2 Å². The number of ether oxygens (including phenoxy) is 1. The van der Waals surface area contributed by atoms with Crippen LogP contribution in [0.2, 0.25) is 10.0 Å². The van der Waals surface area contributed by atoms with Gasteiger partial charge >= 0.3 is 6.41 Å². The summed E-state index contributed by atoms with van der Waals surface area (Å²) in [7, 11) is 0. The zero-order valence-corrected chi connectivity index (χ0v) is 21.2. The summed E-state index contributed by atoms with van der Waals surface area (Å²) in [4.78, 5) is 19.0. The number of hydrogen-bond donors (Lipinski definition) is 0. The Hall–Kier alpha value is -2.82. The molecule has 0 aromatic heterocycles. The average Bonchev–Trinajstić information content (AvgIpc) is 3.19. The van der Waals surface area contributed by atoms with Crippen LogP contribution in [0.1, 0.15) is 62.0 Å². The first kappa shape index (κ1) is 24.3. The number of amidine groups is 1. The van der Waals surface area contributed by atoms with Gasteiger partial charge in [0.15, 0.2) is 0 Å².